The van der Waals surface area contributed by atoms with Crippen molar-refractivity contribution in [2.75, 3.05) is 36.0 Å². The number of anilines is 2. The Kier molecular flexibility index (Phi) is 4.79. The first-order valence-corrected chi connectivity index (χ1v) is 8.75. The minimum Gasteiger partial charge on any atom is -0.367 e. The van der Waals surface area contributed by atoms with Crippen molar-refractivity contribution in [2.24, 2.45) is 0 Å². The van der Waals surface area contributed by atoms with Crippen LogP contribution in [0.2, 0.25) is 10.2 Å². The van der Waals surface area contributed by atoms with E-state index in [1.807, 2.05) is 18.2 Å². The third kappa shape index (κ3) is 3.24. The van der Waals surface area contributed by atoms with Crippen molar-refractivity contribution < 1.29 is 0 Å². The summed E-state index contributed by atoms with van der Waals surface area (Å²) in [5.41, 5.74) is 1.09. The van der Waals surface area contributed by atoms with Crippen LogP contribution < -0.4 is 9.80 Å². The molecule has 1 aromatic carbocycles. The highest BCUT2D eigenvalue weighted by atomic mass is 35.5. The largest absolute Gasteiger partial charge is 0.367 e. The van der Waals surface area contributed by atoms with E-state index in [9.17, 15) is 0 Å². The predicted molar refractivity (Wildman–Crippen MR) is 92.6 cm³/mol. The Morgan fingerprint density at radius 2 is 1.71 bits per heavy atom. The van der Waals surface area contributed by atoms with Crippen molar-refractivity contribution >= 4 is 57.0 Å². The van der Waals surface area contributed by atoms with Crippen molar-refractivity contribution in [2.45, 2.75) is 5.88 Å². The summed E-state index contributed by atoms with van der Waals surface area (Å²) in [4.78, 5) is 9.89. The summed E-state index contributed by atoms with van der Waals surface area (Å²) in [5.74, 6) is 0.413. The summed E-state index contributed by atoms with van der Waals surface area (Å²) >= 11 is 19.7. The molecule has 0 spiro atoms. The lowest BCUT2D eigenvalue weighted by molar-refractivity contribution is 0.652. The second kappa shape index (κ2) is 6.61. The Morgan fingerprint density at radius 3 is 2.33 bits per heavy atom. The van der Waals surface area contributed by atoms with Gasteiger partial charge in [0.25, 0.3) is 0 Å². The normalized spacial score (nSPS) is 15.6. The quantitative estimate of drug-likeness (QED) is 0.749. The van der Waals surface area contributed by atoms with E-state index >= 15 is 0 Å². The van der Waals surface area contributed by atoms with Crippen LogP contribution in [0.3, 0.4) is 0 Å². The highest BCUT2D eigenvalue weighted by Crippen LogP contribution is 2.32. The van der Waals surface area contributed by atoms with Gasteiger partial charge in [-0.15, -0.1) is 11.6 Å². The van der Waals surface area contributed by atoms with Crippen LogP contribution in [0.25, 0.3) is 0 Å². The summed E-state index contributed by atoms with van der Waals surface area (Å²) in [5, 5.41) is 2.28. The van der Waals surface area contributed by atoms with Crippen LogP contribution in [0.4, 0.5) is 10.8 Å². The number of piperazine rings is 1. The van der Waals surface area contributed by atoms with Gasteiger partial charge in [-0.3, -0.25) is 0 Å². The summed E-state index contributed by atoms with van der Waals surface area (Å²) < 4.78 is 0. The van der Waals surface area contributed by atoms with Crippen molar-refractivity contribution in [3.63, 3.8) is 0 Å². The zero-order valence-corrected chi connectivity index (χ0v) is 14.3. The second-order valence-corrected chi connectivity index (χ2v) is 6.86. The molecule has 1 aliphatic heterocycles. The van der Waals surface area contributed by atoms with Crippen molar-refractivity contribution in [1.82, 2.24) is 4.98 Å². The van der Waals surface area contributed by atoms with Gasteiger partial charge in [-0.25, -0.2) is 4.98 Å². The molecule has 0 N–H and O–H groups in total. The van der Waals surface area contributed by atoms with E-state index in [2.05, 4.69) is 20.9 Å². The first-order chi connectivity index (χ1) is 10.2. The smallest absolute Gasteiger partial charge is 0.187 e. The lowest BCUT2D eigenvalue weighted by Gasteiger charge is -2.36. The molecule has 7 heteroatoms. The summed E-state index contributed by atoms with van der Waals surface area (Å²) in [6.45, 7) is 3.63. The zero-order valence-electron chi connectivity index (χ0n) is 11.2. The molecule has 21 heavy (non-hydrogen) atoms. The second-order valence-electron chi connectivity index (χ2n) is 4.77. The van der Waals surface area contributed by atoms with Gasteiger partial charge in [0.05, 0.1) is 21.5 Å². The minimum atomic E-state index is 0.413. The fraction of sp³-hybridized carbons (Fsp3) is 0.357. The number of benzene rings is 1. The number of alkyl halides is 1. The van der Waals surface area contributed by atoms with Crippen LogP contribution in [0, 0.1) is 0 Å². The summed E-state index contributed by atoms with van der Waals surface area (Å²) in [6, 6.07) is 7.95. The van der Waals surface area contributed by atoms with Gasteiger partial charge in [-0.1, -0.05) is 46.7 Å². The predicted octanol–water partition coefficient (Wildman–Crippen LogP) is 4.52. The molecule has 0 unspecified atom stereocenters. The summed E-state index contributed by atoms with van der Waals surface area (Å²) in [6.07, 6.45) is 0. The lowest BCUT2D eigenvalue weighted by Crippen LogP contribution is -2.46. The molecule has 0 amide bonds. The molecular weight excluding hydrogens is 349 g/mol. The molecule has 3 rings (SSSR count). The molecule has 0 aliphatic carbocycles. The van der Waals surface area contributed by atoms with Gasteiger partial charge in [0.1, 0.15) is 5.15 Å². The van der Waals surface area contributed by atoms with E-state index in [0.29, 0.717) is 11.0 Å². The SMILES string of the molecule is ClCc1sc(N2CCN(c3ccccc3Cl)CC2)nc1Cl. The molecule has 2 heterocycles. The molecule has 1 fully saturated rings. The van der Waals surface area contributed by atoms with Gasteiger partial charge >= 0.3 is 0 Å². The molecule has 3 nitrogen and oxygen atoms in total. The molecule has 0 atom stereocenters. The van der Waals surface area contributed by atoms with Gasteiger partial charge in [0.15, 0.2) is 5.13 Å². The topological polar surface area (TPSA) is 19.4 Å². The minimum absolute atomic E-state index is 0.413. The van der Waals surface area contributed by atoms with Crippen LogP contribution in [-0.4, -0.2) is 31.2 Å². The van der Waals surface area contributed by atoms with Crippen LogP contribution in [0.1, 0.15) is 4.88 Å². The maximum Gasteiger partial charge on any atom is 0.187 e. The zero-order chi connectivity index (χ0) is 14.8. The fourth-order valence-corrected chi connectivity index (χ4v) is 4.17. The number of para-hydroxylation sites is 1. The molecule has 1 aliphatic rings. The van der Waals surface area contributed by atoms with Crippen molar-refractivity contribution in [3.05, 3.63) is 39.3 Å². The van der Waals surface area contributed by atoms with Gasteiger partial charge in [0, 0.05) is 26.2 Å². The third-order valence-corrected chi connectivity index (χ3v) is 5.79. The third-order valence-electron chi connectivity index (χ3n) is 3.50. The van der Waals surface area contributed by atoms with E-state index < -0.39 is 0 Å². The Bertz CT molecular complexity index is 624. The number of thiazole rings is 1. The molecule has 0 radical (unpaired) electrons. The van der Waals surface area contributed by atoms with E-state index in [1.54, 1.807) is 11.3 Å². The average Bonchev–Trinajstić information content (AvgIpc) is 2.89. The van der Waals surface area contributed by atoms with Gasteiger partial charge in [-0.2, -0.15) is 0 Å². The van der Waals surface area contributed by atoms with Gasteiger partial charge in [0.2, 0.25) is 0 Å². The molecule has 112 valence electrons. The highest BCUT2D eigenvalue weighted by molar-refractivity contribution is 7.16. The number of nitrogens with zero attached hydrogens (tertiary/aromatic N) is 3. The summed E-state index contributed by atoms with van der Waals surface area (Å²) in [7, 11) is 0. The molecular formula is C14H14Cl3N3S. The number of halogens is 3. The van der Waals surface area contributed by atoms with E-state index in [1.165, 1.54) is 0 Å². The van der Waals surface area contributed by atoms with E-state index in [4.69, 9.17) is 34.8 Å². The van der Waals surface area contributed by atoms with Crippen molar-refractivity contribution in [3.8, 4) is 0 Å². The molecule has 0 bridgehead atoms. The van der Waals surface area contributed by atoms with Gasteiger partial charge < -0.3 is 9.80 Å². The number of aromatic nitrogens is 1. The molecule has 2 aromatic rings. The standard InChI is InChI=1S/C14H14Cl3N3S/c15-9-12-13(17)18-14(21-12)20-7-5-19(6-8-20)11-4-2-1-3-10(11)16/h1-4H,5-9H2. The van der Waals surface area contributed by atoms with E-state index in [0.717, 1.165) is 46.9 Å². The first kappa shape index (κ1) is 15.2. The first-order valence-electron chi connectivity index (χ1n) is 6.64. The number of rotatable bonds is 3. The van der Waals surface area contributed by atoms with E-state index in [-0.39, 0.29) is 0 Å². The molecule has 1 saturated heterocycles. The van der Waals surface area contributed by atoms with Crippen LogP contribution in [0.5, 0.6) is 0 Å². The Hall–Kier alpha value is -0.680. The van der Waals surface area contributed by atoms with Crippen LogP contribution >= 0.6 is 46.1 Å². The maximum absolute atomic E-state index is 6.26. The monoisotopic (exact) mass is 361 g/mol. The lowest BCUT2D eigenvalue weighted by atomic mass is 10.2. The fourth-order valence-electron chi connectivity index (χ4n) is 2.39. The number of hydrogen-bond donors (Lipinski definition) is 0. The highest BCUT2D eigenvalue weighted by Gasteiger charge is 2.22. The molecule has 0 saturated carbocycles. The maximum atomic E-state index is 6.26. The average molecular weight is 363 g/mol. The van der Waals surface area contributed by atoms with Gasteiger partial charge in [-0.05, 0) is 12.1 Å². The van der Waals surface area contributed by atoms with Crippen molar-refractivity contribution in [1.29, 1.82) is 0 Å². The Balaban J connectivity index is 1.69. The molecule has 1 aromatic heterocycles. The Morgan fingerprint density at radius 1 is 1.05 bits per heavy atom. The Labute approximate surface area is 143 Å². The van der Waals surface area contributed by atoms with Crippen LogP contribution in [-0.2, 0) is 5.88 Å². The number of hydrogen-bond acceptors (Lipinski definition) is 4. The van der Waals surface area contributed by atoms with Crippen LogP contribution in [0.15, 0.2) is 24.3 Å².